The molecule has 2 unspecified atom stereocenters. The number of nitrogens with zero attached hydrogens (tertiary/aromatic N) is 4. The van der Waals surface area contributed by atoms with Crippen molar-refractivity contribution in [3.63, 3.8) is 0 Å². The fourth-order valence-corrected chi connectivity index (χ4v) is 1.35. The van der Waals surface area contributed by atoms with Crippen LogP contribution < -0.4 is 5.73 Å². The summed E-state index contributed by atoms with van der Waals surface area (Å²) in [6.45, 7) is 3.77. The molecular formula is C10H19N5O. The van der Waals surface area contributed by atoms with Crippen LogP contribution in [-0.2, 0) is 4.79 Å². The van der Waals surface area contributed by atoms with Gasteiger partial charge in [0.2, 0.25) is 5.91 Å². The Morgan fingerprint density at radius 2 is 2.25 bits per heavy atom. The number of hydrogen-bond acceptors (Lipinski definition) is 4. The van der Waals surface area contributed by atoms with E-state index < -0.39 is 0 Å². The van der Waals surface area contributed by atoms with Crippen LogP contribution in [0.15, 0.2) is 6.20 Å². The second-order valence-electron chi connectivity index (χ2n) is 4.05. The highest BCUT2D eigenvalue weighted by Crippen LogP contribution is 2.13. The van der Waals surface area contributed by atoms with E-state index in [4.69, 9.17) is 5.73 Å². The Kier molecular flexibility index (Phi) is 4.00. The highest BCUT2D eigenvalue weighted by molar-refractivity contribution is 5.79. The Labute approximate surface area is 95.4 Å². The van der Waals surface area contributed by atoms with Gasteiger partial charge in [0, 0.05) is 14.1 Å². The smallest absolute Gasteiger partial charge is 0.246 e. The molecule has 0 spiro atoms. The minimum absolute atomic E-state index is 0.0125. The molecule has 2 atom stereocenters. The molecular weight excluding hydrogens is 206 g/mol. The molecule has 0 fully saturated rings. The van der Waals surface area contributed by atoms with Gasteiger partial charge in [-0.1, -0.05) is 12.1 Å². The van der Waals surface area contributed by atoms with Crippen LogP contribution in [0.4, 0.5) is 0 Å². The Bertz CT molecular complexity index is 360. The Morgan fingerprint density at radius 3 is 2.75 bits per heavy atom. The molecule has 1 aromatic rings. The van der Waals surface area contributed by atoms with Gasteiger partial charge < -0.3 is 10.6 Å². The first-order chi connectivity index (χ1) is 7.47. The summed E-state index contributed by atoms with van der Waals surface area (Å²) in [5.41, 5.74) is 6.56. The summed E-state index contributed by atoms with van der Waals surface area (Å²) >= 11 is 0. The lowest BCUT2D eigenvalue weighted by Gasteiger charge is -2.16. The maximum Gasteiger partial charge on any atom is 0.246 e. The van der Waals surface area contributed by atoms with Crippen molar-refractivity contribution in [2.45, 2.75) is 32.4 Å². The van der Waals surface area contributed by atoms with Gasteiger partial charge in [0.05, 0.1) is 17.9 Å². The van der Waals surface area contributed by atoms with Crippen molar-refractivity contribution < 1.29 is 4.79 Å². The van der Waals surface area contributed by atoms with E-state index in [-0.39, 0.29) is 18.0 Å². The summed E-state index contributed by atoms with van der Waals surface area (Å²) in [6, 6.07) is -0.462. The summed E-state index contributed by atoms with van der Waals surface area (Å²) in [5, 5.41) is 7.89. The molecule has 0 aliphatic carbocycles. The van der Waals surface area contributed by atoms with Crippen LogP contribution in [0, 0.1) is 0 Å². The Balaban J connectivity index is 2.81. The minimum atomic E-state index is -0.347. The SMILES string of the molecule is CCC(N)c1cn(C(C)C(=O)N(C)C)nn1. The van der Waals surface area contributed by atoms with Gasteiger partial charge in [-0.15, -0.1) is 5.10 Å². The van der Waals surface area contributed by atoms with Gasteiger partial charge in [-0.2, -0.15) is 0 Å². The molecule has 6 nitrogen and oxygen atoms in total. The van der Waals surface area contributed by atoms with Crippen LogP contribution in [0.2, 0.25) is 0 Å². The molecule has 1 amide bonds. The van der Waals surface area contributed by atoms with E-state index in [0.29, 0.717) is 0 Å². The lowest BCUT2D eigenvalue weighted by Crippen LogP contribution is -2.30. The molecule has 6 heteroatoms. The molecule has 0 saturated heterocycles. The van der Waals surface area contributed by atoms with E-state index in [1.165, 1.54) is 4.90 Å². The summed E-state index contributed by atoms with van der Waals surface area (Å²) in [5.74, 6) is -0.0125. The third-order valence-electron chi connectivity index (χ3n) is 2.54. The highest BCUT2D eigenvalue weighted by Gasteiger charge is 2.19. The van der Waals surface area contributed by atoms with Crippen molar-refractivity contribution in [2.75, 3.05) is 14.1 Å². The van der Waals surface area contributed by atoms with E-state index in [2.05, 4.69) is 10.3 Å². The molecule has 16 heavy (non-hydrogen) atoms. The zero-order valence-electron chi connectivity index (χ0n) is 10.2. The number of hydrogen-bond donors (Lipinski definition) is 1. The molecule has 0 aromatic carbocycles. The molecule has 90 valence electrons. The predicted octanol–water partition coefficient (Wildman–Crippen LogP) is 0.337. The largest absolute Gasteiger partial charge is 0.347 e. The van der Waals surface area contributed by atoms with E-state index in [9.17, 15) is 4.79 Å². The molecule has 0 aliphatic heterocycles. The zero-order valence-corrected chi connectivity index (χ0v) is 10.2. The van der Waals surface area contributed by atoms with E-state index >= 15 is 0 Å². The Morgan fingerprint density at radius 1 is 1.62 bits per heavy atom. The molecule has 0 bridgehead atoms. The van der Waals surface area contributed by atoms with Crippen molar-refractivity contribution in [1.82, 2.24) is 19.9 Å². The second-order valence-corrected chi connectivity index (χ2v) is 4.05. The van der Waals surface area contributed by atoms with Crippen molar-refractivity contribution in [2.24, 2.45) is 5.73 Å². The van der Waals surface area contributed by atoms with Crippen molar-refractivity contribution in [3.8, 4) is 0 Å². The zero-order chi connectivity index (χ0) is 12.3. The molecule has 2 N–H and O–H groups in total. The molecule has 0 radical (unpaired) electrons. The average Bonchev–Trinajstić information content (AvgIpc) is 2.75. The van der Waals surface area contributed by atoms with Gasteiger partial charge >= 0.3 is 0 Å². The van der Waals surface area contributed by atoms with Crippen LogP contribution in [0.25, 0.3) is 0 Å². The average molecular weight is 225 g/mol. The van der Waals surface area contributed by atoms with E-state index in [0.717, 1.165) is 12.1 Å². The summed E-state index contributed by atoms with van der Waals surface area (Å²) in [6.07, 6.45) is 2.54. The van der Waals surface area contributed by atoms with Crippen LogP contribution in [-0.4, -0.2) is 39.9 Å². The molecule has 0 aliphatic rings. The lowest BCUT2D eigenvalue weighted by atomic mass is 10.2. The molecule has 1 aromatic heterocycles. The first kappa shape index (κ1) is 12.6. The van der Waals surface area contributed by atoms with Gasteiger partial charge in [-0.3, -0.25) is 4.79 Å². The maximum atomic E-state index is 11.7. The molecule has 1 heterocycles. The number of carbonyl (C=O) groups is 1. The molecule has 0 saturated carbocycles. The van der Waals surface area contributed by atoms with Gasteiger partial charge in [0.15, 0.2) is 0 Å². The van der Waals surface area contributed by atoms with Crippen LogP contribution in [0.1, 0.15) is 38.0 Å². The monoisotopic (exact) mass is 225 g/mol. The van der Waals surface area contributed by atoms with Crippen molar-refractivity contribution >= 4 is 5.91 Å². The fourth-order valence-electron chi connectivity index (χ4n) is 1.35. The third kappa shape index (κ3) is 2.57. The topological polar surface area (TPSA) is 77.0 Å². The van der Waals surface area contributed by atoms with Crippen LogP contribution in [0.3, 0.4) is 0 Å². The number of aromatic nitrogens is 3. The van der Waals surface area contributed by atoms with E-state index in [1.807, 2.05) is 6.92 Å². The quantitative estimate of drug-likeness (QED) is 0.801. The minimum Gasteiger partial charge on any atom is -0.347 e. The van der Waals surface area contributed by atoms with E-state index in [1.54, 1.807) is 31.9 Å². The lowest BCUT2D eigenvalue weighted by molar-refractivity contribution is -0.132. The van der Waals surface area contributed by atoms with Crippen LogP contribution >= 0.6 is 0 Å². The normalized spacial score (nSPS) is 14.6. The highest BCUT2D eigenvalue weighted by atomic mass is 16.2. The van der Waals surface area contributed by atoms with Crippen LogP contribution in [0.5, 0.6) is 0 Å². The third-order valence-corrected chi connectivity index (χ3v) is 2.54. The number of likely N-dealkylation sites (N-methyl/N-ethyl adjacent to an activating group) is 1. The Hall–Kier alpha value is -1.43. The summed E-state index contributed by atoms with van der Waals surface area (Å²) in [4.78, 5) is 13.2. The summed E-state index contributed by atoms with van der Waals surface area (Å²) in [7, 11) is 3.43. The van der Waals surface area contributed by atoms with Gasteiger partial charge in [-0.25, -0.2) is 4.68 Å². The predicted molar refractivity (Wildman–Crippen MR) is 60.6 cm³/mol. The van der Waals surface area contributed by atoms with Gasteiger partial charge in [0.1, 0.15) is 6.04 Å². The number of rotatable bonds is 4. The van der Waals surface area contributed by atoms with Crippen molar-refractivity contribution in [1.29, 1.82) is 0 Å². The maximum absolute atomic E-state index is 11.7. The fraction of sp³-hybridized carbons (Fsp3) is 0.700. The van der Waals surface area contributed by atoms with Gasteiger partial charge in [-0.05, 0) is 13.3 Å². The number of amides is 1. The first-order valence-corrected chi connectivity index (χ1v) is 5.35. The van der Waals surface area contributed by atoms with Gasteiger partial charge in [0.25, 0.3) is 0 Å². The number of nitrogens with two attached hydrogens (primary N) is 1. The first-order valence-electron chi connectivity index (χ1n) is 5.35. The number of carbonyl (C=O) groups excluding carboxylic acids is 1. The second kappa shape index (κ2) is 5.07. The van der Waals surface area contributed by atoms with Crippen molar-refractivity contribution in [3.05, 3.63) is 11.9 Å². The molecule has 1 rings (SSSR count). The standard InChI is InChI=1S/C10H19N5O/c1-5-8(11)9-6-15(13-12-9)7(2)10(16)14(3)4/h6-8H,5,11H2,1-4H3. The summed E-state index contributed by atoms with van der Waals surface area (Å²) < 4.78 is 1.55.